The van der Waals surface area contributed by atoms with Gasteiger partial charge in [0.05, 0.1) is 10.4 Å². The summed E-state index contributed by atoms with van der Waals surface area (Å²) in [5.41, 5.74) is 2.73. The molecule has 33 heavy (non-hydrogen) atoms. The molecule has 0 aliphatic carbocycles. The van der Waals surface area contributed by atoms with Crippen LogP contribution in [-0.2, 0) is 10.0 Å². The summed E-state index contributed by atoms with van der Waals surface area (Å²) in [5.74, 6) is 0.317. The molecule has 0 saturated heterocycles. The molecule has 0 atom stereocenters. The topological polar surface area (TPSA) is 64.0 Å². The van der Waals surface area contributed by atoms with E-state index in [9.17, 15) is 12.8 Å². The van der Waals surface area contributed by atoms with Crippen molar-refractivity contribution in [3.8, 4) is 16.9 Å². The van der Waals surface area contributed by atoms with Gasteiger partial charge in [-0.25, -0.2) is 17.8 Å². The maximum atomic E-state index is 14.2. The van der Waals surface area contributed by atoms with Gasteiger partial charge in [0.15, 0.2) is 0 Å². The Kier molecular flexibility index (Phi) is 5.18. The number of benzene rings is 3. The van der Waals surface area contributed by atoms with Gasteiger partial charge in [-0.1, -0.05) is 60.7 Å². The number of para-hydroxylation sites is 1. The summed E-state index contributed by atoms with van der Waals surface area (Å²) in [6.07, 6.45) is 1.65. The summed E-state index contributed by atoms with van der Waals surface area (Å²) in [6, 6.07) is 26.5. The molecule has 0 aliphatic heterocycles. The largest absolute Gasteiger partial charge is 0.279 e. The fourth-order valence-electron chi connectivity index (χ4n) is 3.88. The second-order valence-corrected chi connectivity index (χ2v) is 9.33. The smallest absolute Gasteiger partial charge is 0.263 e. The van der Waals surface area contributed by atoms with Gasteiger partial charge in [-0.2, -0.15) is 0 Å². The molecule has 2 aromatic heterocycles. The molecule has 164 valence electrons. The highest BCUT2D eigenvalue weighted by atomic mass is 32.2. The minimum atomic E-state index is -4.10. The quantitative estimate of drug-likeness (QED) is 0.355. The second-order valence-electron chi connectivity index (χ2n) is 7.65. The number of nitrogens with one attached hydrogen (secondary N) is 1. The summed E-state index contributed by atoms with van der Waals surface area (Å²) in [7, 11) is -4.10. The van der Waals surface area contributed by atoms with E-state index >= 15 is 0 Å². The molecular formula is C26H20FN3O2S. The lowest BCUT2D eigenvalue weighted by Gasteiger charge is -2.15. The third-order valence-corrected chi connectivity index (χ3v) is 6.84. The van der Waals surface area contributed by atoms with E-state index in [1.165, 1.54) is 12.1 Å². The number of hydrogen-bond acceptors (Lipinski definition) is 3. The molecule has 0 fully saturated rings. The average Bonchev–Trinajstić information content (AvgIpc) is 3.14. The van der Waals surface area contributed by atoms with Crippen molar-refractivity contribution in [3.05, 3.63) is 109 Å². The number of aromatic nitrogens is 2. The van der Waals surface area contributed by atoms with E-state index in [1.54, 1.807) is 23.8 Å². The van der Waals surface area contributed by atoms with Crippen molar-refractivity contribution in [1.82, 2.24) is 9.55 Å². The SMILES string of the molecule is Cc1ccc(S(=O)(=O)Nc2c(-c3ccccc3)c3ccccc3n2-c2ccccn2)cc1F. The zero-order valence-corrected chi connectivity index (χ0v) is 18.6. The van der Waals surface area contributed by atoms with Crippen LogP contribution < -0.4 is 4.72 Å². The van der Waals surface area contributed by atoms with Crippen LogP contribution in [0.5, 0.6) is 0 Å². The Morgan fingerprint density at radius 3 is 2.33 bits per heavy atom. The first-order chi connectivity index (χ1) is 16.0. The minimum Gasteiger partial charge on any atom is -0.279 e. The third kappa shape index (κ3) is 3.76. The van der Waals surface area contributed by atoms with E-state index in [1.807, 2.05) is 66.7 Å². The van der Waals surface area contributed by atoms with Crippen LogP contribution in [0.25, 0.3) is 27.8 Å². The molecule has 0 bridgehead atoms. The molecule has 5 nitrogen and oxygen atoms in total. The van der Waals surface area contributed by atoms with Gasteiger partial charge in [0.25, 0.3) is 10.0 Å². The molecule has 0 spiro atoms. The van der Waals surface area contributed by atoms with Gasteiger partial charge in [0, 0.05) is 17.1 Å². The van der Waals surface area contributed by atoms with Crippen molar-refractivity contribution in [2.75, 3.05) is 4.72 Å². The number of aryl methyl sites for hydroxylation is 1. The molecule has 0 radical (unpaired) electrons. The molecule has 5 aromatic rings. The zero-order chi connectivity index (χ0) is 23.0. The predicted molar refractivity (Wildman–Crippen MR) is 128 cm³/mol. The van der Waals surface area contributed by atoms with Crippen LogP contribution >= 0.6 is 0 Å². The Morgan fingerprint density at radius 2 is 1.61 bits per heavy atom. The Labute approximate surface area is 191 Å². The van der Waals surface area contributed by atoms with Crippen molar-refractivity contribution in [1.29, 1.82) is 0 Å². The maximum absolute atomic E-state index is 14.2. The van der Waals surface area contributed by atoms with Gasteiger partial charge >= 0.3 is 0 Å². The lowest BCUT2D eigenvalue weighted by Crippen LogP contribution is -2.17. The van der Waals surface area contributed by atoms with Crippen LogP contribution in [0.1, 0.15) is 5.56 Å². The normalized spacial score (nSPS) is 11.6. The molecule has 0 unspecified atom stereocenters. The number of pyridine rings is 1. The molecule has 2 heterocycles. The second kappa shape index (κ2) is 8.18. The van der Waals surface area contributed by atoms with Crippen LogP contribution in [0, 0.1) is 12.7 Å². The van der Waals surface area contributed by atoms with Gasteiger partial charge in [-0.3, -0.25) is 9.29 Å². The van der Waals surface area contributed by atoms with Crippen molar-refractivity contribution in [2.24, 2.45) is 0 Å². The standard InChI is InChI=1S/C26H20FN3O2S/c1-18-14-15-20(17-22(18)27)33(31,32)29-26-25(19-9-3-2-4-10-19)21-11-5-6-12-23(21)30(26)24-13-7-8-16-28-24/h2-17,29H,1H3. The van der Waals surface area contributed by atoms with E-state index in [0.29, 0.717) is 22.8 Å². The van der Waals surface area contributed by atoms with Crippen LogP contribution in [0.2, 0.25) is 0 Å². The Morgan fingerprint density at radius 1 is 0.879 bits per heavy atom. The number of sulfonamides is 1. The van der Waals surface area contributed by atoms with E-state index in [2.05, 4.69) is 9.71 Å². The van der Waals surface area contributed by atoms with Crippen molar-refractivity contribution < 1.29 is 12.8 Å². The lowest BCUT2D eigenvalue weighted by atomic mass is 10.0. The van der Waals surface area contributed by atoms with E-state index in [-0.39, 0.29) is 4.90 Å². The van der Waals surface area contributed by atoms with E-state index in [0.717, 1.165) is 22.5 Å². The van der Waals surface area contributed by atoms with Gasteiger partial charge in [0.2, 0.25) is 0 Å². The van der Waals surface area contributed by atoms with Crippen molar-refractivity contribution in [2.45, 2.75) is 11.8 Å². The minimum absolute atomic E-state index is 0.151. The maximum Gasteiger partial charge on any atom is 0.263 e. The number of hydrogen-bond donors (Lipinski definition) is 1. The van der Waals surface area contributed by atoms with Crippen LogP contribution in [0.4, 0.5) is 10.2 Å². The summed E-state index contributed by atoms with van der Waals surface area (Å²) in [4.78, 5) is 4.31. The predicted octanol–water partition coefficient (Wildman–Crippen LogP) is 5.94. The van der Waals surface area contributed by atoms with Gasteiger partial charge in [-0.15, -0.1) is 0 Å². The Balaban J connectivity index is 1.81. The third-order valence-electron chi connectivity index (χ3n) is 5.50. The van der Waals surface area contributed by atoms with Crippen molar-refractivity contribution >= 4 is 26.7 Å². The van der Waals surface area contributed by atoms with E-state index in [4.69, 9.17) is 0 Å². The molecule has 5 rings (SSSR count). The molecule has 0 saturated carbocycles. The first kappa shape index (κ1) is 20.9. The number of rotatable bonds is 5. The molecule has 0 amide bonds. The molecule has 1 N–H and O–H groups in total. The lowest BCUT2D eigenvalue weighted by molar-refractivity contribution is 0.593. The monoisotopic (exact) mass is 457 g/mol. The van der Waals surface area contributed by atoms with Gasteiger partial charge in [0.1, 0.15) is 17.5 Å². The van der Waals surface area contributed by atoms with Crippen LogP contribution in [0.3, 0.4) is 0 Å². The van der Waals surface area contributed by atoms with Gasteiger partial charge < -0.3 is 0 Å². The fraction of sp³-hybridized carbons (Fsp3) is 0.0385. The van der Waals surface area contributed by atoms with Crippen molar-refractivity contribution in [3.63, 3.8) is 0 Å². The molecular weight excluding hydrogens is 437 g/mol. The summed E-state index contributed by atoms with van der Waals surface area (Å²) in [6.45, 7) is 1.59. The number of halogens is 1. The highest BCUT2D eigenvalue weighted by Gasteiger charge is 2.25. The summed E-state index contributed by atoms with van der Waals surface area (Å²) < 4.78 is 45.5. The first-order valence-electron chi connectivity index (χ1n) is 10.3. The van der Waals surface area contributed by atoms with Gasteiger partial charge in [-0.05, 0) is 48.4 Å². The van der Waals surface area contributed by atoms with Crippen LogP contribution in [-0.4, -0.2) is 18.0 Å². The highest BCUT2D eigenvalue weighted by molar-refractivity contribution is 7.92. The molecule has 3 aromatic carbocycles. The first-order valence-corrected chi connectivity index (χ1v) is 11.8. The number of nitrogens with zero attached hydrogens (tertiary/aromatic N) is 2. The summed E-state index contributed by atoms with van der Waals surface area (Å²) >= 11 is 0. The average molecular weight is 458 g/mol. The number of anilines is 1. The Bertz CT molecular complexity index is 1490. The highest BCUT2D eigenvalue weighted by Crippen LogP contribution is 2.41. The number of fused-ring (bicyclic) bond motifs is 1. The van der Waals surface area contributed by atoms with Crippen LogP contribution in [0.15, 0.2) is 102 Å². The Hall–Kier alpha value is -3.97. The zero-order valence-electron chi connectivity index (χ0n) is 17.7. The molecule has 7 heteroatoms. The van der Waals surface area contributed by atoms with E-state index < -0.39 is 15.8 Å². The molecule has 0 aliphatic rings. The fourth-order valence-corrected chi connectivity index (χ4v) is 4.96. The summed E-state index contributed by atoms with van der Waals surface area (Å²) in [5, 5.41) is 0.863.